The van der Waals surface area contributed by atoms with Crippen molar-refractivity contribution in [3.8, 4) is 0 Å². The summed E-state index contributed by atoms with van der Waals surface area (Å²) in [4.78, 5) is 16.8. The van der Waals surface area contributed by atoms with Gasteiger partial charge >= 0.3 is 0 Å². The number of carbonyl (C=O) groups excluding carboxylic acids is 1. The molecule has 2 heterocycles. The number of pyridine rings is 1. The predicted octanol–water partition coefficient (Wildman–Crippen LogP) is 3.10. The first kappa shape index (κ1) is 15.1. The van der Waals surface area contributed by atoms with E-state index in [4.69, 9.17) is 0 Å². The van der Waals surface area contributed by atoms with Gasteiger partial charge in [0.05, 0.1) is 5.69 Å². The first-order valence-corrected chi connectivity index (χ1v) is 7.28. The zero-order valence-electron chi connectivity index (χ0n) is 12.5. The molecule has 0 atom stereocenters. The zero-order valence-corrected chi connectivity index (χ0v) is 12.5. The van der Waals surface area contributed by atoms with E-state index in [9.17, 15) is 13.6 Å². The quantitative estimate of drug-likeness (QED) is 0.804. The highest BCUT2D eigenvalue weighted by molar-refractivity contribution is 5.94. The Balaban J connectivity index is 1.91. The van der Waals surface area contributed by atoms with E-state index in [0.29, 0.717) is 23.3 Å². The molecule has 3 rings (SSSR count). The van der Waals surface area contributed by atoms with Gasteiger partial charge in [-0.25, -0.2) is 13.8 Å². The Hall–Kier alpha value is -2.76. The molecule has 0 fully saturated rings. The first-order chi connectivity index (χ1) is 11.1. The lowest BCUT2D eigenvalue weighted by atomic mass is 10.2. The Kier molecular flexibility index (Phi) is 4.06. The highest BCUT2D eigenvalue weighted by Gasteiger charge is 2.18. The second kappa shape index (κ2) is 6.16. The van der Waals surface area contributed by atoms with Crippen LogP contribution in [0.5, 0.6) is 0 Å². The molecule has 0 aliphatic carbocycles. The predicted molar refractivity (Wildman–Crippen MR) is 82.1 cm³/mol. The van der Waals surface area contributed by atoms with Gasteiger partial charge in [0.25, 0.3) is 5.91 Å². The van der Waals surface area contributed by atoms with Crippen molar-refractivity contribution in [3.63, 3.8) is 0 Å². The Morgan fingerprint density at radius 2 is 2.00 bits per heavy atom. The molecule has 0 spiro atoms. The summed E-state index contributed by atoms with van der Waals surface area (Å²) in [5.41, 5.74) is 1.73. The summed E-state index contributed by atoms with van der Waals surface area (Å²) in [7, 11) is 0. The Labute approximate surface area is 131 Å². The van der Waals surface area contributed by atoms with Gasteiger partial charge in [0.15, 0.2) is 0 Å². The van der Waals surface area contributed by atoms with E-state index < -0.39 is 11.7 Å². The molecule has 0 radical (unpaired) electrons. The Bertz CT molecular complexity index is 873. The average molecular weight is 315 g/mol. The van der Waals surface area contributed by atoms with Crippen molar-refractivity contribution in [2.75, 3.05) is 0 Å². The molecule has 1 aromatic carbocycles. The third-order valence-electron chi connectivity index (χ3n) is 3.60. The summed E-state index contributed by atoms with van der Waals surface area (Å²) in [6, 6.07) is 9.03. The van der Waals surface area contributed by atoms with Crippen LogP contribution in [0.2, 0.25) is 0 Å². The number of benzene rings is 1. The van der Waals surface area contributed by atoms with E-state index in [2.05, 4.69) is 10.3 Å². The number of fused-ring (bicyclic) bond motifs is 1. The highest BCUT2D eigenvalue weighted by Crippen LogP contribution is 2.15. The summed E-state index contributed by atoms with van der Waals surface area (Å²) in [6.45, 7) is 1.92. The number of amides is 1. The Morgan fingerprint density at radius 1 is 1.22 bits per heavy atom. The van der Waals surface area contributed by atoms with E-state index in [1.54, 1.807) is 18.2 Å². The lowest BCUT2D eigenvalue weighted by Gasteiger charge is -2.07. The van der Waals surface area contributed by atoms with Crippen molar-refractivity contribution in [1.82, 2.24) is 14.7 Å². The SMILES string of the molecule is CCc1nc2ccc(F)cn2c1C(=O)NCc1ccccc1F. The van der Waals surface area contributed by atoms with Crippen LogP contribution in [0.25, 0.3) is 5.65 Å². The molecule has 0 bridgehead atoms. The lowest BCUT2D eigenvalue weighted by molar-refractivity contribution is 0.0943. The van der Waals surface area contributed by atoms with Crippen LogP contribution in [0.3, 0.4) is 0 Å². The van der Waals surface area contributed by atoms with Crippen molar-refractivity contribution >= 4 is 11.6 Å². The van der Waals surface area contributed by atoms with E-state index in [-0.39, 0.29) is 18.1 Å². The summed E-state index contributed by atoms with van der Waals surface area (Å²) in [5.74, 6) is -1.25. The van der Waals surface area contributed by atoms with Crippen LogP contribution in [-0.4, -0.2) is 15.3 Å². The zero-order chi connectivity index (χ0) is 16.4. The van der Waals surface area contributed by atoms with E-state index in [1.807, 2.05) is 6.92 Å². The number of aromatic nitrogens is 2. The molecule has 0 aliphatic rings. The van der Waals surface area contributed by atoms with Crippen molar-refractivity contribution in [3.05, 3.63) is 71.2 Å². The maximum Gasteiger partial charge on any atom is 0.270 e. The molecule has 0 unspecified atom stereocenters. The minimum absolute atomic E-state index is 0.0528. The van der Waals surface area contributed by atoms with Crippen LogP contribution < -0.4 is 5.32 Å². The molecule has 23 heavy (non-hydrogen) atoms. The van der Waals surface area contributed by atoms with Gasteiger partial charge in [0.2, 0.25) is 0 Å². The molecule has 0 aliphatic heterocycles. The van der Waals surface area contributed by atoms with Crippen LogP contribution in [0.1, 0.15) is 28.7 Å². The molecule has 0 saturated heterocycles. The topological polar surface area (TPSA) is 46.4 Å². The lowest BCUT2D eigenvalue weighted by Crippen LogP contribution is -2.25. The van der Waals surface area contributed by atoms with E-state index in [1.165, 1.54) is 28.8 Å². The highest BCUT2D eigenvalue weighted by atomic mass is 19.1. The summed E-state index contributed by atoms with van der Waals surface area (Å²) in [6.07, 6.45) is 1.76. The monoisotopic (exact) mass is 315 g/mol. The standard InChI is InChI=1S/C17H15F2N3O/c1-2-14-16(22-10-12(18)7-8-15(22)21-14)17(23)20-9-11-5-3-4-6-13(11)19/h3-8,10H,2,9H2,1H3,(H,20,23). The number of carbonyl (C=O) groups is 1. The van der Waals surface area contributed by atoms with Crippen LogP contribution in [-0.2, 0) is 13.0 Å². The van der Waals surface area contributed by atoms with Crippen LogP contribution >= 0.6 is 0 Å². The number of halogens is 2. The Morgan fingerprint density at radius 3 is 2.74 bits per heavy atom. The number of nitrogens with zero attached hydrogens (tertiary/aromatic N) is 2. The average Bonchev–Trinajstić information content (AvgIpc) is 2.91. The summed E-state index contributed by atoms with van der Waals surface area (Å²) in [5, 5.41) is 2.67. The fourth-order valence-corrected chi connectivity index (χ4v) is 2.46. The van der Waals surface area contributed by atoms with Crippen LogP contribution in [0, 0.1) is 11.6 Å². The number of imidazole rings is 1. The molecule has 0 saturated carbocycles. The number of nitrogens with one attached hydrogen (secondary N) is 1. The van der Waals surface area contributed by atoms with Crippen molar-refractivity contribution in [1.29, 1.82) is 0 Å². The third-order valence-corrected chi connectivity index (χ3v) is 3.60. The summed E-state index contributed by atoms with van der Waals surface area (Å²) < 4.78 is 28.5. The van der Waals surface area contributed by atoms with Crippen molar-refractivity contribution in [2.24, 2.45) is 0 Å². The number of hydrogen-bond donors (Lipinski definition) is 1. The second-order valence-electron chi connectivity index (χ2n) is 5.11. The second-order valence-corrected chi connectivity index (χ2v) is 5.11. The number of aryl methyl sites for hydroxylation is 1. The van der Waals surface area contributed by atoms with Gasteiger partial charge in [-0.2, -0.15) is 0 Å². The summed E-state index contributed by atoms with van der Waals surface area (Å²) >= 11 is 0. The van der Waals surface area contributed by atoms with E-state index in [0.717, 1.165) is 0 Å². The van der Waals surface area contributed by atoms with E-state index >= 15 is 0 Å². The van der Waals surface area contributed by atoms with Crippen LogP contribution in [0.15, 0.2) is 42.6 Å². The molecule has 1 amide bonds. The minimum atomic E-state index is -0.458. The first-order valence-electron chi connectivity index (χ1n) is 7.28. The molecule has 4 nitrogen and oxygen atoms in total. The van der Waals surface area contributed by atoms with Gasteiger partial charge in [0.1, 0.15) is 23.0 Å². The maximum absolute atomic E-state index is 13.6. The van der Waals surface area contributed by atoms with Gasteiger partial charge in [-0.15, -0.1) is 0 Å². The molecular formula is C17H15F2N3O. The molecule has 1 N–H and O–H groups in total. The number of hydrogen-bond acceptors (Lipinski definition) is 2. The van der Waals surface area contributed by atoms with Crippen LogP contribution in [0.4, 0.5) is 8.78 Å². The normalized spacial score (nSPS) is 10.9. The molecule has 118 valence electrons. The largest absolute Gasteiger partial charge is 0.347 e. The molecule has 3 aromatic rings. The minimum Gasteiger partial charge on any atom is -0.347 e. The smallest absolute Gasteiger partial charge is 0.270 e. The number of rotatable bonds is 4. The van der Waals surface area contributed by atoms with Gasteiger partial charge in [-0.05, 0) is 24.6 Å². The van der Waals surface area contributed by atoms with Crippen molar-refractivity contribution < 1.29 is 13.6 Å². The maximum atomic E-state index is 13.6. The molecular weight excluding hydrogens is 300 g/mol. The third kappa shape index (κ3) is 2.92. The van der Waals surface area contributed by atoms with Gasteiger partial charge in [0, 0.05) is 18.3 Å². The fraction of sp³-hybridized carbons (Fsp3) is 0.176. The van der Waals surface area contributed by atoms with Gasteiger partial charge < -0.3 is 5.32 Å². The fourth-order valence-electron chi connectivity index (χ4n) is 2.46. The van der Waals surface area contributed by atoms with Gasteiger partial charge in [-0.3, -0.25) is 9.20 Å². The molecule has 2 aromatic heterocycles. The van der Waals surface area contributed by atoms with Crippen molar-refractivity contribution in [2.45, 2.75) is 19.9 Å². The molecule has 6 heteroatoms. The van der Waals surface area contributed by atoms with Gasteiger partial charge in [-0.1, -0.05) is 25.1 Å².